The Labute approximate surface area is 114 Å². The summed E-state index contributed by atoms with van der Waals surface area (Å²) in [5.41, 5.74) is 5.95. The second kappa shape index (κ2) is 5.75. The first-order valence-electron chi connectivity index (χ1n) is 5.09. The highest BCUT2D eigenvalue weighted by molar-refractivity contribution is 7.93. The van der Waals surface area contributed by atoms with Crippen molar-refractivity contribution in [2.75, 3.05) is 11.3 Å². The minimum absolute atomic E-state index is 0.112. The summed E-state index contributed by atoms with van der Waals surface area (Å²) in [6.07, 6.45) is 0. The van der Waals surface area contributed by atoms with Gasteiger partial charge in [0.25, 0.3) is 10.0 Å². The molecule has 0 saturated heterocycles. The topological polar surface area (TPSA) is 111 Å². The number of aromatic nitrogens is 3. The quantitative estimate of drug-likeness (QED) is 0.774. The second-order valence-corrected chi connectivity index (χ2v) is 5.72. The highest BCUT2D eigenvalue weighted by atomic mass is 32.2. The van der Waals surface area contributed by atoms with Crippen LogP contribution in [0.2, 0.25) is 0 Å². The molecule has 0 radical (unpaired) electrons. The van der Waals surface area contributed by atoms with Gasteiger partial charge in [0.2, 0.25) is 5.13 Å². The van der Waals surface area contributed by atoms with Gasteiger partial charge in [-0.05, 0) is 29.5 Å². The summed E-state index contributed by atoms with van der Waals surface area (Å²) < 4.78 is 29.7. The van der Waals surface area contributed by atoms with Gasteiger partial charge in [0, 0.05) is 17.1 Å². The lowest BCUT2D eigenvalue weighted by molar-refractivity contribution is 0.601. The van der Waals surface area contributed by atoms with Gasteiger partial charge in [-0.3, -0.25) is 4.72 Å². The van der Waals surface area contributed by atoms with Gasteiger partial charge in [0.05, 0.1) is 11.4 Å². The Morgan fingerprint density at radius 3 is 2.63 bits per heavy atom. The molecule has 0 aliphatic carbocycles. The van der Waals surface area contributed by atoms with Gasteiger partial charge in [-0.1, -0.05) is 21.4 Å². The van der Waals surface area contributed by atoms with Crippen molar-refractivity contribution in [3.8, 4) is 11.8 Å². The van der Waals surface area contributed by atoms with Crippen molar-refractivity contribution >= 4 is 26.7 Å². The lowest BCUT2D eigenvalue weighted by atomic mass is 10.2. The third-order valence-corrected chi connectivity index (χ3v) is 4.02. The number of hydrogen-bond donors (Lipinski definition) is 2. The molecule has 0 saturated carbocycles. The minimum Gasteiger partial charge on any atom is -0.320 e. The highest BCUT2D eigenvalue weighted by Gasteiger charge is 2.15. The molecular formula is C10H9N5O2S2. The van der Waals surface area contributed by atoms with E-state index in [-0.39, 0.29) is 16.6 Å². The molecule has 0 spiro atoms. The first-order chi connectivity index (χ1) is 9.12. The van der Waals surface area contributed by atoms with E-state index in [1.165, 1.54) is 12.1 Å². The summed E-state index contributed by atoms with van der Waals surface area (Å²) in [7, 11) is -3.68. The lowest BCUT2D eigenvalue weighted by Crippen LogP contribution is -2.12. The van der Waals surface area contributed by atoms with Crippen molar-refractivity contribution in [2.45, 2.75) is 4.90 Å². The molecule has 0 fully saturated rings. The van der Waals surface area contributed by atoms with E-state index < -0.39 is 10.0 Å². The average Bonchev–Trinajstić information content (AvgIpc) is 2.89. The number of benzene rings is 1. The Morgan fingerprint density at radius 2 is 2.05 bits per heavy atom. The number of anilines is 1. The summed E-state index contributed by atoms with van der Waals surface area (Å²) >= 11 is 0.860. The largest absolute Gasteiger partial charge is 0.320 e. The first kappa shape index (κ1) is 13.4. The fourth-order valence-corrected chi connectivity index (χ4v) is 2.80. The monoisotopic (exact) mass is 295 g/mol. The Morgan fingerprint density at radius 1 is 1.32 bits per heavy atom. The molecule has 0 aliphatic heterocycles. The molecule has 98 valence electrons. The van der Waals surface area contributed by atoms with Gasteiger partial charge in [0.15, 0.2) is 0 Å². The van der Waals surface area contributed by atoms with E-state index in [1.807, 2.05) is 0 Å². The van der Waals surface area contributed by atoms with Crippen LogP contribution in [0.4, 0.5) is 5.13 Å². The second-order valence-electron chi connectivity index (χ2n) is 3.30. The van der Waals surface area contributed by atoms with Crippen LogP contribution >= 0.6 is 11.5 Å². The molecule has 2 aromatic rings. The number of hydrogen-bond acceptors (Lipinski definition) is 7. The number of nitrogens with one attached hydrogen (secondary N) is 1. The van der Waals surface area contributed by atoms with Crippen LogP contribution in [-0.2, 0) is 10.0 Å². The normalized spacial score (nSPS) is 10.6. The molecule has 1 aromatic heterocycles. The predicted octanol–water partition coefficient (Wildman–Crippen LogP) is 0.0441. The van der Waals surface area contributed by atoms with Crippen LogP contribution in [-0.4, -0.2) is 29.8 Å². The first-order valence-corrected chi connectivity index (χ1v) is 7.34. The Hall–Kier alpha value is -2.02. The molecule has 0 aliphatic rings. The molecule has 3 N–H and O–H groups in total. The maximum atomic E-state index is 12.0. The standard InChI is InChI=1S/C10H9N5O2S2/c11-7-1-2-8-3-5-9(6-4-8)19(16,17)13-10-12-14-15-18-10/h3-6H,7,11H2,(H,12,13,15). The summed E-state index contributed by atoms with van der Waals surface area (Å²) in [5, 5.41) is 6.94. The van der Waals surface area contributed by atoms with Gasteiger partial charge in [-0.15, -0.1) is 0 Å². The maximum Gasteiger partial charge on any atom is 0.263 e. The Kier molecular flexibility index (Phi) is 4.06. The molecule has 7 nitrogen and oxygen atoms in total. The molecule has 19 heavy (non-hydrogen) atoms. The summed E-state index contributed by atoms with van der Waals surface area (Å²) in [4.78, 5) is 0.112. The SMILES string of the molecule is NCC#Cc1ccc(S(=O)(=O)Nc2nnns2)cc1. The van der Waals surface area contributed by atoms with E-state index in [0.29, 0.717) is 5.56 Å². The van der Waals surface area contributed by atoms with E-state index in [2.05, 4.69) is 31.4 Å². The summed E-state index contributed by atoms with van der Waals surface area (Å²) in [6, 6.07) is 6.12. The smallest absolute Gasteiger partial charge is 0.263 e. The van der Waals surface area contributed by atoms with E-state index in [9.17, 15) is 8.42 Å². The number of nitrogens with zero attached hydrogens (tertiary/aromatic N) is 3. The van der Waals surface area contributed by atoms with Crippen LogP contribution in [0, 0.1) is 11.8 Å². The molecule has 0 bridgehead atoms. The van der Waals surface area contributed by atoms with Gasteiger partial charge in [0.1, 0.15) is 0 Å². The highest BCUT2D eigenvalue weighted by Crippen LogP contribution is 2.15. The summed E-state index contributed by atoms with van der Waals surface area (Å²) in [6.45, 7) is 0.256. The third kappa shape index (κ3) is 3.47. The lowest BCUT2D eigenvalue weighted by Gasteiger charge is -2.03. The van der Waals surface area contributed by atoms with Crippen LogP contribution in [0.25, 0.3) is 0 Å². The number of rotatable bonds is 3. The van der Waals surface area contributed by atoms with Crippen molar-refractivity contribution < 1.29 is 8.42 Å². The van der Waals surface area contributed by atoms with Crippen LogP contribution in [0.5, 0.6) is 0 Å². The van der Waals surface area contributed by atoms with Crippen LogP contribution in [0.1, 0.15) is 5.56 Å². The summed E-state index contributed by atoms with van der Waals surface area (Å²) in [5.74, 6) is 5.49. The van der Waals surface area contributed by atoms with Gasteiger partial charge in [-0.25, -0.2) is 8.42 Å². The van der Waals surface area contributed by atoms with Crippen LogP contribution in [0.3, 0.4) is 0 Å². The van der Waals surface area contributed by atoms with Crippen LogP contribution < -0.4 is 10.5 Å². The Bertz CT molecular complexity index is 699. The van der Waals surface area contributed by atoms with Crippen LogP contribution in [0.15, 0.2) is 29.2 Å². The van der Waals surface area contributed by atoms with E-state index in [4.69, 9.17) is 5.73 Å². The molecule has 2 rings (SSSR count). The fourth-order valence-electron chi connectivity index (χ4n) is 1.22. The van der Waals surface area contributed by atoms with Crippen molar-refractivity contribution in [3.05, 3.63) is 29.8 Å². The zero-order valence-corrected chi connectivity index (χ0v) is 11.2. The van der Waals surface area contributed by atoms with Gasteiger partial charge >= 0.3 is 0 Å². The van der Waals surface area contributed by atoms with E-state index in [1.54, 1.807) is 12.1 Å². The van der Waals surface area contributed by atoms with Crippen molar-refractivity contribution in [1.82, 2.24) is 14.8 Å². The van der Waals surface area contributed by atoms with Gasteiger partial charge < -0.3 is 5.73 Å². The number of nitrogens with two attached hydrogens (primary N) is 1. The predicted molar refractivity (Wildman–Crippen MR) is 70.9 cm³/mol. The van der Waals surface area contributed by atoms with Gasteiger partial charge in [-0.2, -0.15) is 0 Å². The maximum absolute atomic E-state index is 12.0. The van der Waals surface area contributed by atoms with Crippen molar-refractivity contribution in [1.29, 1.82) is 0 Å². The molecule has 0 amide bonds. The third-order valence-electron chi connectivity index (χ3n) is 2.02. The molecule has 0 unspecified atom stereocenters. The molecular weight excluding hydrogens is 286 g/mol. The minimum atomic E-state index is -3.68. The fraction of sp³-hybridized carbons (Fsp3) is 0.100. The molecule has 9 heteroatoms. The average molecular weight is 295 g/mol. The molecule has 0 atom stereocenters. The Balaban J connectivity index is 2.21. The van der Waals surface area contributed by atoms with E-state index in [0.717, 1.165) is 11.5 Å². The zero-order valence-electron chi connectivity index (χ0n) is 9.57. The van der Waals surface area contributed by atoms with Crippen molar-refractivity contribution in [3.63, 3.8) is 0 Å². The zero-order chi connectivity index (χ0) is 13.7. The molecule has 1 heterocycles. The van der Waals surface area contributed by atoms with Crippen molar-refractivity contribution in [2.24, 2.45) is 5.73 Å². The number of sulfonamides is 1. The molecule has 1 aromatic carbocycles. The van der Waals surface area contributed by atoms with E-state index >= 15 is 0 Å².